The van der Waals surface area contributed by atoms with E-state index in [0.29, 0.717) is 6.54 Å². The summed E-state index contributed by atoms with van der Waals surface area (Å²) in [5, 5.41) is 17.8. The van der Waals surface area contributed by atoms with Gasteiger partial charge in [0.2, 0.25) is 0 Å². The number of aliphatic hydroxyl groups is 1. The standard InChI is InChI=1S/C16H23N3O2/c1-12-4-5-16(21-3)14(8-12)15(20)10-17-6-7-19-11-13(2)9-18-19/h4-5,8-9,11,15,17,20H,6-7,10H2,1-3H3/t15-/m0/s1. The van der Waals surface area contributed by atoms with E-state index in [4.69, 9.17) is 4.74 Å². The fraction of sp³-hybridized carbons (Fsp3) is 0.438. The van der Waals surface area contributed by atoms with Crippen LogP contribution in [0.1, 0.15) is 22.8 Å². The number of aryl methyl sites for hydroxylation is 2. The topological polar surface area (TPSA) is 59.3 Å². The van der Waals surface area contributed by atoms with Gasteiger partial charge in [-0.15, -0.1) is 0 Å². The van der Waals surface area contributed by atoms with E-state index >= 15 is 0 Å². The molecule has 0 aliphatic heterocycles. The Balaban J connectivity index is 1.84. The molecule has 0 spiro atoms. The summed E-state index contributed by atoms with van der Waals surface area (Å²) in [6, 6.07) is 5.82. The summed E-state index contributed by atoms with van der Waals surface area (Å²) in [5.41, 5.74) is 3.08. The Morgan fingerprint density at radius 1 is 1.33 bits per heavy atom. The molecule has 0 aliphatic rings. The minimum absolute atomic E-state index is 0.486. The molecule has 5 heteroatoms. The molecule has 2 aromatic rings. The van der Waals surface area contributed by atoms with Crippen LogP contribution >= 0.6 is 0 Å². The van der Waals surface area contributed by atoms with Gasteiger partial charge in [-0.2, -0.15) is 5.10 Å². The van der Waals surface area contributed by atoms with Crippen molar-refractivity contribution in [3.05, 3.63) is 47.3 Å². The third-order valence-corrected chi connectivity index (χ3v) is 3.36. The van der Waals surface area contributed by atoms with Gasteiger partial charge in [0.05, 0.1) is 26.0 Å². The molecule has 2 rings (SSSR count). The summed E-state index contributed by atoms with van der Waals surface area (Å²) in [5.74, 6) is 0.720. The maximum atomic E-state index is 10.3. The van der Waals surface area contributed by atoms with Gasteiger partial charge in [-0.05, 0) is 31.5 Å². The Morgan fingerprint density at radius 2 is 2.14 bits per heavy atom. The van der Waals surface area contributed by atoms with Gasteiger partial charge >= 0.3 is 0 Å². The first-order valence-corrected chi connectivity index (χ1v) is 7.12. The van der Waals surface area contributed by atoms with Crippen LogP contribution in [-0.4, -0.2) is 35.1 Å². The van der Waals surface area contributed by atoms with Crippen molar-refractivity contribution < 1.29 is 9.84 Å². The molecule has 5 nitrogen and oxygen atoms in total. The van der Waals surface area contributed by atoms with Crippen LogP contribution in [0.15, 0.2) is 30.6 Å². The third kappa shape index (κ3) is 4.31. The lowest BCUT2D eigenvalue weighted by Crippen LogP contribution is -2.25. The molecule has 1 aromatic heterocycles. The average molecular weight is 289 g/mol. The zero-order chi connectivity index (χ0) is 15.2. The van der Waals surface area contributed by atoms with E-state index in [-0.39, 0.29) is 0 Å². The predicted molar refractivity (Wildman–Crippen MR) is 82.5 cm³/mol. The number of rotatable bonds is 7. The Kier molecular flexibility index (Phi) is 5.36. The summed E-state index contributed by atoms with van der Waals surface area (Å²) in [4.78, 5) is 0. The molecular weight excluding hydrogens is 266 g/mol. The molecule has 0 radical (unpaired) electrons. The molecule has 0 bridgehead atoms. The molecule has 1 heterocycles. The van der Waals surface area contributed by atoms with Crippen molar-refractivity contribution >= 4 is 0 Å². The molecule has 1 atom stereocenters. The third-order valence-electron chi connectivity index (χ3n) is 3.36. The van der Waals surface area contributed by atoms with Crippen molar-refractivity contribution in [1.29, 1.82) is 0 Å². The molecular formula is C16H23N3O2. The van der Waals surface area contributed by atoms with Crippen molar-refractivity contribution in [2.75, 3.05) is 20.2 Å². The summed E-state index contributed by atoms with van der Waals surface area (Å²) < 4.78 is 7.19. The van der Waals surface area contributed by atoms with Crippen molar-refractivity contribution in [2.45, 2.75) is 26.5 Å². The molecule has 2 N–H and O–H groups in total. The molecule has 0 unspecified atom stereocenters. The van der Waals surface area contributed by atoms with Crippen LogP contribution in [-0.2, 0) is 6.54 Å². The van der Waals surface area contributed by atoms with Crippen LogP contribution in [0.25, 0.3) is 0 Å². The molecule has 21 heavy (non-hydrogen) atoms. The minimum atomic E-state index is -0.584. The lowest BCUT2D eigenvalue weighted by molar-refractivity contribution is 0.170. The summed E-state index contributed by atoms with van der Waals surface area (Å²) in [6.45, 7) is 6.05. The van der Waals surface area contributed by atoms with Crippen LogP contribution in [0.3, 0.4) is 0 Å². The molecule has 0 fully saturated rings. The quantitative estimate of drug-likeness (QED) is 0.764. The number of ether oxygens (including phenoxy) is 1. The fourth-order valence-corrected chi connectivity index (χ4v) is 2.25. The lowest BCUT2D eigenvalue weighted by Gasteiger charge is -2.16. The Labute approximate surface area is 125 Å². The van der Waals surface area contributed by atoms with Gasteiger partial charge in [-0.3, -0.25) is 4.68 Å². The smallest absolute Gasteiger partial charge is 0.124 e. The number of aromatic nitrogens is 2. The van der Waals surface area contributed by atoms with E-state index in [1.54, 1.807) is 7.11 Å². The van der Waals surface area contributed by atoms with Gasteiger partial charge in [0.1, 0.15) is 5.75 Å². The van der Waals surface area contributed by atoms with E-state index < -0.39 is 6.10 Å². The van der Waals surface area contributed by atoms with Gasteiger partial charge in [0, 0.05) is 24.8 Å². The number of hydrogen-bond acceptors (Lipinski definition) is 4. The molecule has 0 saturated heterocycles. The largest absolute Gasteiger partial charge is 0.496 e. The molecule has 114 valence electrons. The SMILES string of the molecule is COc1ccc(C)cc1[C@@H](O)CNCCn1cc(C)cn1. The van der Waals surface area contributed by atoms with Crippen LogP contribution in [0.4, 0.5) is 0 Å². The average Bonchev–Trinajstić information content (AvgIpc) is 2.89. The first-order chi connectivity index (χ1) is 10.1. The second-order valence-corrected chi connectivity index (χ2v) is 5.25. The highest BCUT2D eigenvalue weighted by atomic mass is 16.5. The van der Waals surface area contributed by atoms with Gasteiger partial charge < -0.3 is 15.2 Å². The lowest BCUT2D eigenvalue weighted by atomic mass is 10.1. The van der Waals surface area contributed by atoms with Gasteiger partial charge in [-0.25, -0.2) is 0 Å². The van der Waals surface area contributed by atoms with Gasteiger partial charge in [-0.1, -0.05) is 11.6 Å². The minimum Gasteiger partial charge on any atom is -0.496 e. The Morgan fingerprint density at radius 3 is 2.81 bits per heavy atom. The van der Waals surface area contributed by atoms with E-state index in [0.717, 1.165) is 35.5 Å². The monoisotopic (exact) mass is 289 g/mol. The number of aliphatic hydroxyl groups excluding tert-OH is 1. The van der Waals surface area contributed by atoms with Crippen LogP contribution < -0.4 is 10.1 Å². The van der Waals surface area contributed by atoms with Crippen LogP contribution in [0, 0.1) is 13.8 Å². The summed E-state index contributed by atoms with van der Waals surface area (Å²) in [6.07, 6.45) is 3.26. The number of methoxy groups -OCH3 is 1. The normalized spacial score (nSPS) is 12.4. The number of nitrogens with one attached hydrogen (secondary N) is 1. The first kappa shape index (κ1) is 15.5. The molecule has 0 aliphatic carbocycles. The Hall–Kier alpha value is -1.85. The zero-order valence-corrected chi connectivity index (χ0v) is 12.8. The van der Waals surface area contributed by atoms with Crippen molar-refractivity contribution in [3.63, 3.8) is 0 Å². The fourth-order valence-electron chi connectivity index (χ4n) is 2.25. The van der Waals surface area contributed by atoms with Crippen molar-refractivity contribution in [2.24, 2.45) is 0 Å². The maximum Gasteiger partial charge on any atom is 0.124 e. The number of benzene rings is 1. The highest BCUT2D eigenvalue weighted by Crippen LogP contribution is 2.25. The summed E-state index contributed by atoms with van der Waals surface area (Å²) >= 11 is 0. The van der Waals surface area contributed by atoms with E-state index in [2.05, 4.69) is 10.4 Å². The van der Waals surface area contributed by atoms with Gasteiger partial charge in [0.25, 0.3) is 0 Å². The zero-order valence-electron chi connectivity index (χ0n) is 12.8. The van der Waals surface area contributed by atoms with Crippen molar-refractivity contribution in [3.8, 4) is 5.75 Å². The second kappa shape index (κ2) is 7.24. The molecule has 0 saturated carbocycles. The van der Waals surface area contributed by atoms with Crippen LogP contribution in [0.5, 0.6) is 5.75 Å². The van der Waals surface area contributed by atoms with Crippen LogP contribution in [0.2, 0.25) is 0 Å². The first-order valence-electron chi connectivity index (χ1n) is 7.12. The summed E-state index contributed by atoms with van der Waals surface area (Å²) in [7, 11) is 1.62. The molecule has 1 aromatic carbocycles. The van der Waals surface area contributed by atoms with E-state index in [1.807, 2.05) is 49.1 Å². The Bertz CT molecular complexity index is 581. The van der Waals surface area contributed by atoms with Crippen molar-refractivity contribution in [1.82, 2.24) is 15.1 Å². The number of nitrogens with zero attached hydrogens (tertiary/aromatic N) is 2. The van der Waals surface area contributed by atoms with E-state index in [9.17, 15) is 5.11 Å². The van der Waals surface area contributed by atoms with Gasteiger partial charge in [0.15, 0.2) is 0 Å². The molecule has 0 amide bonds. The number of hydrogen-bond donors (Lipinski definition) is 2. The second-order valence-electron chi connectivity index (χ2n) is 5.25. The maximum absolute atomic E-state index is 10.3. The highest BCUT2D eigenvalue weighted by molar-refractivity contribution is 5.38. The predicted octanol–water partition coefficient (Wildman–Crippen LogP) is 1.83. The van der Waals surface area contributed by atoms with E-state index in [1.165, 1.54) is 0 Å². The highest BCUT2D eigenvalue weighted by Gasteiger charge is 2.13.